The van der Waals surface area contributed by atoms with Crippen molar-refractivity contribution in [2.75, 3.05) is 11.9 Å². The van der Waals surface area contributed by atoms with Crippen molar-refractivity contribution >= 4 is 37.2 Å². The zero-order valence-corrected chi connectivity index (χ0v) is 18.3. The highest BCUT2D eigenvalue weighted by Crippen LogP contribution is 2.43. The SMILES string of the molecule is CN(c1cc2sc(-c3ccc(-c4cn[nH]c4)cc3O)nc2s1)C1CC2CCC(C1)N2. The van der Waals surface area contributed by atoms with E-state index in [1.54, 1.807) is 34.9 Å². The molecule has 2 unspecified atom stereocenters. The molecule has 6 nitrogen and oxygen atoms in total. The zero-order valence-electron chi connectivity index (χ0n) is 16.6. The Morgan fingerprint density at radius 2 is 1.93 bits per heavy atom. The van der Waals surface area contributed by atoms with E-state index in [0.717, 1.165) is 26.5 Å². The second-order valence-corrected chi connectivity index (χ2v) is 10.4. The van der Waals surface area contributed by atoms with Crippen LogP contribution in [0.2, 0.25) is 0 Å². The van der Waals surface area contributed by atoms with E-state index >= 15 is 0 Å². The van der Waals surface area contributed by atoms with Crippen LogP contribution in [0.5, 0.6) is 5.75 Å². The third-order valence-corrected chi connectivity index (χ3v) is 8.76. The number of H-pyrrole nitrogens is 1. The Kier molecular flexibility index (Phi) is 4.33. The summed E-state index contributed by atoms with van der Waals surface area (Å²) in [5, 5.41) is 23.3. The van der Waals surface area contributed by atoms with Crippen molar-refractivity contribution in [2.24, 2.45) is 0 Å². The van der Waals surface area contributed by atoms with Crippen molar-refractivity contribution in [1.29, 1.82) is 0 Å². The third-order valence-electron chi connectivity index (χ3n) is 6.48. The first-order chi connectivity index (χ1) is 14.6. The average molecular weight is 438 g/mol. The van der Waals surface area contributed by atoms with Crippen LogP contribution < -0.4 is 10.2 Å². The molecule has 30 heavy (non-hydrogen) atoms. The predicted molar refractivity (Wildman–Crippen MR) is 124 cm³/mol. The summed E-state index contributed by atoms with van der Waals surface area (Å²) in [6.07, 6.45) is 8.67. The number of aromatic hydroxyl groups is 1. The summed E-state index contributed by atoms with van der Waals surface area (Å²) in [5.74, 6) is 0.248. The Balaban J connectivity index is 1.26. The minimum Gasteiger partial charge on any atom is -0.507 e. The Bertz CT molecular complexity index is 1150. The summed E-state index contributed by atoms with van der Waals surface area (Å²) in [7, 11) is 2.23. The van der Waals surface area contributed by atoms with Gasteiger partial charge in [-0.25, -0.2) is 4.98 Å². The number of aromatic nitrogens is 3. The lowest BCUT2D eigenvalue weighted by Gasteiger charge is -2.36. The molecule has 4 aromatic rings. The molecule has 0 spiro atoms. The number of phenolic OH excluding ortho intramolecular Hbond substituents is 1. The van der Waals surface area contributed by atoms with E-state index in [4.69, 9.17) is 4.98 Å². The third kappa shape index (κ3) is 3.10. The zero-order chi connectivity index (χ0) is 20.2. The van der Waals surface area contributed by atoms with Crippen molar-refractivity contribution in [3.8, 4) is 27.4 Å². The number of benzene rings is 1. The van der Waals surface area contributed by atoms with Crippen LogP contribution in [0.4, 0.5) is 5.00 Å². The van der Waals surface area contributed by atoms with E-state index in [-0.39, 0.29) is 5.75 Å². The number of nitrogens with zero attached hydrogens (tertiary/aromatic N) is 3. The molecule has 2 bridgehead atoms. The van der Waals surface area contributed by atoms with Gasteiger partial charge in [0.1, 0.15) is 15.6 Å². The topological polar surface area (TPSA) is 77.1 Å². The molecule has 3 N–H and O–H groups in total. The maximum absolute atomic E-state index is 10.6. The van der Waals surface area contributed by atoms with Crippen LogP contribution in [-0.4, -0.2) is 45.5 Å². The highest BCUT2D eigenvalue weighted by molar-refractivity contribution is 7.30. The summed E-state index contributed by atoms with van der Waals surface area (Å²) in [6, 6.07) is 9.97. The predicted octanol–water partition coefficient (Wildman–Crippen LogP) is 4.84. The van der Waals surface area contributed by atoms with Gasteiger partial charge in [-0.3, -0.25) is 5.10 Å². The van der Waals surface area contributed by atoms with Gasteiger partial charge < -0.3 is 15.3 Å². The van der Waals surface area contributed by atoms with Gasteiger partial charge in [0.05, 0.1) is 21.5 Å². The lowest BCUT2D eigenvalue weighted by Crippen LogP contribution is -2.46. The number of thiophene rings is 1. The number of hydrogen-bond donors (Lipinski definition) is 3. The number of fused-ring (bicyclic) bond motifs is 3. The van der Waals surface area contributed by atoms with E-state index in [2.05, 4.69) is 33.5 Å². The molecular formula is C22H23N5OS2. The quantitative estimate of drug-likeness (QED) is 0.426. The molecule has 1 aromatic carbocycles. The molecule has 8 heteroatoms. The monoisotopic (exact) mass is 437 g/mol. The normalized spacial score (nSPS) is 23.3. The van der Waals surface area contributed by atoms with Crippen molar-refractivity contribution in [3.05, 3.63) is 36.7 Å². The molecule has 0 amide bonds. The first kappa shape index (κ1) is 18.4. The Labute approximate surface area is 182 Å². The number of rotatable bonds is 4. The van der Waals surface area contributed by atoms with Gasteiger partial charge in [-0.2, -0.15) is 5.10 Å². The van der Waals surface area contributed by atoms with E-state index in [1.807, 2.05) is 18.3 Å². The van der Waals surface area contributed by atoms with E-state index in [0.29, 0.717) is 18.1 Å². The number of aromatic amines is 1. The summed E-state index contributed by atoms with van der Waals surface area (Å²) in [4.78, 5) is 8.35. The van der Waals surface area contributed by atoms with E-state index in [1.165, 1.54) is 35.4 Å². The van der Waals surface area contributed by atoms with Crippen LogP contribution in [0.3, 0.4) is 0 Å². The smallest absolute Gasteiger partial charge is 0.137 e. The Morgan fingerprint density at radius 1 is 1.10 bits per heavy atom. The van der Waals surface area contributed by atoms with Gasteiger partial charge in [0.15, 0.2) is 0 Å². The van der Waals surface area contributed by atoms with Gasteiger partial charge >= 0.3 is 0 Å². The number of thiazole rings is 1. The van der Waals surface area contributed by atoms with Crippen LogP contribution in [0.1, 0.15) is 25.7 Å². The van der Waals surface area contributed by atoms with Crippen molar-refractivity contribution < 1.29 is 5.11 Å². The molecule has 0 aliphatic carbocycles. The maximum Gasteiger partial charge on any atom is 0.137 e. The summed E-state index contributed by atoms with van der Waals surface area (Å²) in [6.45, 7) is 0. The second-order valence-electron chi connectivity index (χ2n) is 8.37. The molecular weight excluding hydrogens is 414 g/mol. The summed E-state index contributed by atoms with van der Waals surface area (Å²) < 4.78 is 1.19. The van der Waals surface area contributed by atoms with Gasteiger partial charge in [-0.1, -0.05) is 17.4 Å². The van der Waals surface area contributed by atoms with Crippen LogP contribution in [-0.2, 0) is 0 Å². The van der Waals surface area contributed by atoms with Gasteiger partial charge in [0.2, 0.25) is 0 Å². The number of phenols is 1. The lowest BCUT2D eigenvalue weighted by atomic mass is 9.99. The molecule has 2 saturated heterocycles. The van der Waals surface area contributed by atoms with Gasteiger partial charge in [-0.15, -0.1) is 11.3 Å². The van der Waals surface area contributed by atoms with Crippen molar-refractivity contribution in [2.45, 2.75) is 43.8 Å². The molecule has 2 aliphatic rings. The highest BCUT2D eigenvalue weighted by atomic mass is 32.1. The van der Waals surface area contributed by atoms with E-state index < -0.39 is 0 Å². The number of anilines is 1. The largest absolute Gasteiger partial charge is 0.507 e. The minimum absolute atomic E-state index is 0.248. The van der Waals surface area contributed by atoms with Crippen LogP contribution in [0, 0.1) is 0 Å². The van der Waals surface area contributed by atoms with Crippen molar-refractivity contribution in [3.63, 3.8) is 0 Å². The molecule has 0 saturated carbocycles. The average Bonchev–Trinajstić information content (AvgIpc) is 3.51. The van der Waals surface area contributed by atoms with E-state index in [9.17, 15) is 5.11 Å². The molecule has 0 radical (unpaired) electrons. The fourth-order valence-electron chi connectivity index (χ4n) is 4.84. The first-order valence-electron chi connectivity index (χ1n) is 10.4. The fraction of sp³-hybridized carbons (Fsp3) is 0.364. The molecule has 3 aromatic heterocycles. The summed E-state index contributed by atoms with van der Waals surface area (Å²) in [5.41, 5.74) is 2.67. The maximum atomic E-state index is 10.6. The number of hydrogen-bond acceptors (Lipinski definition) is 7. The van der Waals surface area contributed by atoms with Crippen LogP contribution in [0.15, 0.2) is 36.7 Å². The minimum atomic E-state index is 0.248. The Morgan fingerprint density at radius 3 is 2.63 bits per heavy atom. The molecule has 2 atom stereocenters. The molecule has 5 heterocycles. The fourth-order valence-corrected chi connectivity index (χ4v) is 7.11. The lowest BCUT2D eigenvalue weighted by molar-refractivity contribution is 0.355. The van der Waals surface area contributed by atoms with Gasteiger partial charge in [-0.05, 0) is 49.4 Å². The molecule has 6 rings (SSSR count). The van der Waals surface area contributed by atoms with Crippen LogP contribution >= 0.6 is 22.7 Å². The van der Waals surface area contributed by atoms with Gasteiger partial charge in [0, 0.05) is 36.9 Å². The number of piperidine rings is 1. The Hall–Kier alpha value is -2.42. The first-order valence-corrected chi connectivity index (χ1v) is 12.0. The highest BCUT2D eigenvalue weighted by Gasteiger charge is 2.35. The number of nitrogens with one attached hydrogen (secondary N) is 2. The molecule has 2 aliphatic heterocycles. The van der Waals surface area contributed by atoms with Crippen LogP contribution in [0.25, 0.3) is 31.2 Å². The van der Waals surface area contributed by atoms with Crippen molar-refractivity contribution in [1.82, 2.24) is 20.5 Å². The molecule has 2 fully saturated rings. The summed E-state index contributed by atoms with van der Waals surface area (Å²) >= 11 is 3.40. The second kappa shape index (κ2) is 7.08. The molecule has 154 valence electrons. The van der Waals surface area contributed by atoms with Gasteiger partial charge in [0.25, 0.3) is 0 Å². The standard InChI is InChI=1S/C22H23N5OS2/c1-27(16-7-14-3-4-15(8-16)25-14)20-9-19-22(30-20)26-21(29-19)17-5-2-12(6-18(17)28)13-10-23-24-11-13/h2,5-6,9-11,14-16,25,28H,3-4,7-8H2,1H3,(H,23,24).